The van der Waals surface area contributed by atoms with Crippen molar-refractivity contribution in [2.45, 2.75) is 37.1 Å². The third-order valence-electron chi connectivity index (χ3n) is 4.48. The van der Waals surface area contributed by atoms with Gasteiger partial charge in [0, 0.05) is 42.4 Å². The third-order valence-corrected chi connectivity index (χ3v) is 6.48. The summed E-state index contributed by atoms with van der Waals surface area (Å²) in [5.74, 6) is -0.114. The van der Waals surface area contributed by atoms with E-state index >= 15 is 0 Å². The highest BCUT2D eigenvalue weighted by atomic mass is 32.2. The number of hydrogen-bond acceptors (Lipinski definition) is 6. The summed E-state index contributed by atoms with van der Waals surface area (Å²) in [5, 5.41) is 13.9. The smallest absolute Gasteiger partial charge is 0.355 e. The number of aromatic carboxylic acids is 1. The summed E-state index contributed by atoms with van der Waals surface area (Å²) in [7, 11) is 0. The number of carbonyl (C=O) groups excluding carboxylic acids is 1. The number of thiazole rings is 1. The highest BCUT2D eigenvalue weighted by Gasteiger charge is 2.30. The molecular weight excluding hydrogens is 382 g/mol. The molecular formula is C19H23N3O3S2. The van der Waals surface area contributed by atoms with Crippen molar-refractivity contribution in [1.29, 1.82) is 0 Å². The first-order valence-electron chi connectivity index (χ1n) is 8.85. The van der Waals surface area contributed by atoms with Gasteiger partial charge in [-0.25, -0.2) is 9.78 Å². The summed E-state index contributed by atoms with van der Waals surface area (Å²) in [6.07, 6.45) is 1.45. The van der Waals surface area contributed by atoms with Crippen LogP contribution in [0.1, 0.15) is 34.5 Å². The molecule has 8 heteroatoms. The summed E-state index contributed by atoms with van der Waals surface area (Å²) in [6, 6.07) is 6.56. The molecule has 1 saturated heterocycles. The van der Waals surface area contributed by atoms with Crippen molar-refractivity contribution in [1.82, 2.24) is 9.88 Å². The predicted octanol–water partition coefficient (Wildman–Crippen LogP) is 3.65. The zero-order chi connectivity index (χ0) is 19.4. The van der Waals surface area contributed by atoms with Crippen LogP contribution in [-0.2, 0) is 4.79 Å². The van der Waals surface area contributed by atoms with E-state index in [1.54, 1.807) is 5.38 Å². The van der Waals surface area contributed by atoms with Gasteiger partial charge in [0.2, 0.25) is 5.91 Å². The molecule has 1 aliphatic heterocycles. The molecule has 1 atom stereocenters. The van der Waals surface area contributed by atoms with Gasteiger partial charge in [0.1, 0.15) is 0 Å². The number of benzene rings is 1. The van der Waals surface area contributed by atoms with Crippen molar-refractivity contribution in [3.05, 3.63) is 40.4 Å². The van der Waals surface area contributed by atoms with Gasteiger partial charge in [-0.3, -0.25) is 4.79 Å². The van der Waals surface area contributed by atoms with Crippen LogP contribution < -0.4 is 5.32 Å². The van der Waals surface area contributed by atoms with E-state index in [4.69, 9.17) is 5.11 Å². The normalized spacial score (nSPS) is 16.7. The van der Waals surface area contributed by atoms with Gasteiger partial charge >= 0.3 is 5.97 Å². The highest BCUT2D eigenvalue weighted by molar-refractivity contribution is 8.01. The first-order chi connectivity index (χ1) is 12.9. The quantitative estimate of drug-likeness (QED) is 0.653. The summed E-state index contributed by atoms with van der Waals surface area (Å²) >= 11 is 2.83. The number of nitrogens with zero attached hydrogens (tertiary/aromatic N) is 2. The maximum Gasteiger partial charge on any atom is 0.355 e. The zero-order valence-corrected chi connectivity index (χ0v) is 17.0. The van der Waals surface area contributed by atoms with Crippen LogP contribution in [0.4, 0.5) is 5.69 Å². The summed E-state index contributed by atoms with van der Waals surface area (Å²) in [4.78, 5) is 29.1. The molecule has 1 fully saturated rings. The minimum Gasteiger partial charge on any atom is -0.476 e. The van der Waals surface area contributed by atoms with E-state index in [0.29, 0.717) is 18.7 Å². The van der Waals surface area contributed by atoms with Gasteiger partial charge in [-0.2, -0.15) is 0 Å². The maximum atomic E-state index is 12.2. The molecule has 1 unspecified atom stereocenters. The van der Waals surface area contributed by atoms with Gasteiger partial charge in [0.05, 0.1) is 0 Å². The fourth-order valence-corrected chi connectivity index (χ4v) is 5.09. The Balaban J connectivity index is 1.51. The Hall–Kier alpha value is -2.06. The second kappa shape index (κ2) is 8.75. The number of hydrogen-bond donors (Lipinski definition) is 2. The third kappa shape index (κ3) is 5.23. The number of carboxylic acid groups (broad SMARTS) is 1. The zero-order valence-electron chi connectivity index (χ0n) is 15.4. The average Bonchev–Trinajstić information content (AvgIpc) is 3.20. The molecule has 1 aromatic heterocycles. The Labute approximate surface area is 167 Å². The fraction of sp³-hybridized carbons (Fsp3) is 0.421. The molecule has 2 N–H and O–H groups in total. The highest BCUT2D eigenvalue weighted by Crippen LogP contribution is 2.25. The number of aryl methyl sites for hydroxylation is 2. The molecule has 2 heterocycles. The van der Waals surface area contributed by atoms with E-state index in [9.17, 15) is 9.59 Å². The van der Waals surface area contributed by atoms with Crippen molar-refractivity contribution in [3.8, 4) is 0 Å². The number of nitrogens with one attached hydrogen (secondary N) is 1. The van der Waals surface area contributed by atoms with Crippen molar-refractivity contribution >= 4 is 40.7 Å². The number of thioether (sulfide) groups is 1. The second-order valence-corrected chi connectivity index (χ2v) is 8.89. The van der Waals surface area contributed by atoms with E-state index in [1.807, 2.05) is 4.90 Å². The molecule has 1 aromatic carbocycles. The van der Waals surface area contributed by atoms with E-state index in [2.05, 4.69) is 42.3 Å². The van der Waals surface area contributed by atoms with Gasteiger partial charge in [0.15, 0.2) is 10.0 Å². The molecule has 0 saturated carbocycles. The van der Waals surface area contributed by atoms with E-state index in [-0.39, 0.29) is 17.6 Å². The number of aromatic nitrogens is 1. The minimum atomic E-state index is -1.01. The minimum absolute atomic E-state index is 0.0790. The molecule has 1 aliphatic rings. The number of rotatable bonds is 8. The second-order valence-electron chi connectivity index (χ2n) is 6.69. The SMILES string of the molecule is Cc1cc(C)cc(NCC2CCC(=O)N2CCSc2nc(C(=O)O)cs2)c1. The maximum absolute atomic E-state index is 12.2. The van der Waals surface area contributed by atoms with Gasteiger partial charge in [-0.05, 0) is 43.5 Å². The van der Waals surface area contributed by atoms with E-state index < -0.39 is 5.97 Å². The van der Waals surface area contributed by atoms with Gasteiger partial charge in [-0.15, -0.1) is 11.3 Å². The van der Waals surface area contributed by atoms with Crippen LogP contribution in [0, 0.1) is 13.8 Å². The topological polar surface area (TPSA) is 82.5 Å². The molecule has 144 valence electrons. The van der Waals surface area contributed by atoms with Crippen LogP contribution in [-0.4, -0.2) is 51.8 Å². The summed E-state index contributed by atoms with van der Waals surface area (Å²) < 4.78 is 0.726. The Kier molecular flexibility index (Phi) is 6.38. The first kappa shape index (κ1) is 19.7. The Morgan fingerprint density at radius 3 is 2.78 bits per heavy atom. The van der Waals surface area contributed by atoms with Crippen LogP contribution in [0.5, 0.6) is 0 Å². The molecule has 6 nitrogen and oxygen atoms in total. The number of amides is 1. The standard InChI is InChI=1S/C19H23N3O3S2/c1-12-7-13(2)9-14(8-12)20-10-15-3-4-17(23)22(15)5-6-26-19-21-16(11-27-19)18(24)25/h7-9,11,15,20H,3-6,10H2,1-2H3,(H,24,25). The van der Waals surface area contributed by atoms with Crippen molar-refractivity contribution in [3.63, 3.8) is 0 Å². The van der Waals surface area contributed by atoms with E-state index in [1.165, 1.54) is 34.2 Å². The Morgan fingerprint density at radius 1 is 1.37 bits per heavy atom. The van der Waals surface area contributed by atoms with Gasteiger partial charge in [0.25, 0.3) is 0 Å². The van der Waals surface area contributed by atoms with E-state index in [0.717, 1.165) is 23.0 Å². The molecule has 0 aliphatic carbocycles. The lowest BCUT2D eigenvalue weighted by molar-refractivity contribution is -0.128. The number of likely N-dealkylation sites (tertiary alicyclic amines) is 1. The van der Waals surface area contributed by atoms with Crippen LogP contribution in [0.15, 0.2) is 27.9 Å². The summed E-state index contributed by atoms with van der Waals surface area (Å²) in [5.41, 5.74) is 3.61. The first-order valence-corrected chi connectivity index (χ1v) is 10.7. The Bertz CT molecular complexity index is 817. The van der Waals surface area contributed by atoms with Crippen molar-refractivity contribution in [2.75, 3.05) is 24.2 Å². The fourth-order valence-electron chi connectivity index (χ4n) is 3.28. The largest absolute Gasteiger partial charge is 0.476 e. The van der Waals surface area contributed by atoms with Crippen LogP contribution in [0.25, 0.3) is 0 Å². The lowest BCUT2D eigenvalue weighted by Gasteiger charge is -2.25. The van der Waals surface area contributed by atoms with Gasteiger partial charge < -0.3 is 15.3 Å². The van der Waals surface area contributed by atoms with Crippen molar-refractivity contribution < 1.29 is 14.7 Å². The number of carboxylic acids is 1. The van der Waals surface area contributed by atoms with Crippen LogP contribution >= 0.6 is 23.1 Å². The molecule has 0 radical (unpaired) electrons. The molecule has 0 spiro atoms. The van der Waals surface area contributed by atoms with Gasteiger partial charge in [-0.1, -0.05) is 17.8 Å². The van der Waals surface area contributed by atoms with Crippen molar-refractivity contribution in [2.24, 2.45) is 0 Å². The molecule has 27 heavy (non-hydrogen) atoms. The Morgan fingerprint density at radius 2 is 2.11 bits per heavy atom. The average molecular weight is 406 g/mol. The molecule has 1 amide bonds. The molecule has 3 rings (SSSR count). The number of anilines is 1. The molecule has 0 bridgehead atoms. The van der Waals surface area contributed by atoms with Crippen LogP contribution in [0.3, 0.4) is 0 Å². The lowest BCUT2D eigenvalue weighted by atomic mass is 10.1. The van der Waals surface area contributed by atoms with Crippen LogP contribution in [0.2, 0.25) is 0 Å². The lowest BCUT2D eigenvalue weighted by Crippen LogP contribution is -2.39. The summed E-state index contributed by atoms with van der Waals surface area (Å²) in [6.45, 7) is 5.54. The predicted molar refractivity (Wildman–Crippen MR) is 109 cm³/mol. The monoisotopic (exact) mass is 405 g/mol. The molecule has 2 aromatic rings. The number of carbonyl (C=O) groups is 2.